The van der Waals surface area contributed by atoms with E-state index in [4.69, 9.17) is 0 Å². The molecule has 1 rings (SSSR count). The van der Waals surface area contributed by atoms with Crippen molar-refractivity contribution in [1.29, 1.82) is 0 Å². The molecule has 7 heteroatoms. The first-order valence-electron chi connectivity index (χ1n) is 3.18. The predicted octanol–water partition coefficient (Wildman–Crippen LogP) is 1.22. The number of H-pyrrole nitrogens is 1. The number of aromatic amines is 1. The highest BCUT2D eigenvalue weighted by atomic mass is 19.3. The number of hydrogen-bond acceptors (Lipinski definition) is 3. The van der Waals surface area contributed by atoms with E-state index in [0.717, 1.165) is 12.1 Å². The van der Waals surface area contributed by atoms with Gasteiger partial charge in [-0.2, -0.15) is 0 Å². The SMILES string of the molecule is O=c1[nH]c([N+](=O)[O-])ccc1C(F)F. The second kappa shape index (κ2) is 3.30. The smallest absolute Gasteiger partial charge is 0.340 e. The van der Waals surface area contributed by atoms with E-state index in [1.54, 1.807) is 4.98 Å². The van der Waals surface area contributed by atoms with Gasteiger partial charge in [0, 0.05) is 6.07 Å². The highest BCUT2D eigenvalue weighted by Crippen LogP contribution is 2.15. The molecule has 1 heterocycles. The Labute approximate surface area is 70.2 Å². The van der Waals surface area contributed by atoms with Crippen molar-refractivity contribution >= 4 is 5.82 Å². The summed E-state index contributed by atoms with van der Waals surface area (Å²) in [5.74, 6) is -0.602. The number of nitrogens with one attached hydrogen (secondary N) is 1. The molecule has 0 saturated carbocycles. The van der Waals surface area contributed by atoms with E-state index in [9.17, 15) is 23.7 Å². The van der Waals surface area contributed by atoms with Gasteiger partial charge in [-0.1, -0.05) is 0 Å². The largest absolute Gasteiger partial charge is 0.358 e. The normalized spacial score (nSPS) is 10.4. The van der Waals surface area contributed by atoms with Crippen LogP contribution in [0.3, 0.4) is 0 Å². The fraction of sp³-hybridized carbons (Fsp3) is 0.167. The Hall–Kier alpha value is -1.79. The van der Waals surface area contributed by atoms with Gasteiger partial charge in [-0.25, -0.2) is 18.6 Å². The molecule has 0 unspecified atom stereocenters. The molecule has 5 nitrogen and oxygen atoms in total. The van der Waals surface area contributed by atoms with Crippen LogP contribution in [-0.4, -0.2) is 9.91 Å². The zero-order valence-corrected chi connectivity index (χ0v) is 6.16. The van der Waals surface area contributed by atoms with Crippen molar-refractivity contribution < 1.29 is 13.7 Å². The third kappa shape index (κ3) is 1.86. The molecule has 0 aromatic carbocycles. The van der Waals surface area contributed by atoms with E-state index in [2.05, 4.69) is 0 Å². The number of hydrogen-bond donors (Lipinski definition) is 1. The van der Waals surface area contributed by atoms with Gasteiger partial charge in [0.2, 0.25) is 0 Å². The third-order valence-electron chi connectivity index (χ3n) is 1.36. The van der Waals surface area contributed by atoms with Crippen molar-refractivity contribution in [2.75, 3.05) is 0 Å². The summed E-state index contributed by atoms with van der Waals surface area (Å²) in [5.41, 5.74) is -1.91. The van der Waals surface area contributed by atoms with Gasteiger partial charge in [0.25, 0.3) is 6.43 Å². The van der Waals surface area contributed by atoms with Crippen LogP contribution in [0.2, 0.25) is 0 Å². The highest BCUT2D eigenvalue weighted by molar-refractivity contribution is 5.23. The molecule has 0 bridgehead atoms. The molecule has 0 amide bonds. The molecule has 0 spiro atoms. The number of nitro groups is 1. The molecule has 0 radical (unpaired) electrons. The van der Waals surface area contributed by atoms with Gasteiger partial charge in [0.1, 0.15) is 5.56 Å². The van der Waals surface area contributed by atoms with Crippen molar-refractivity contribution in [2.24, 2.45) is 0 Å². The lowest BCUT2D eigenvalue weighted by atomic mass is 10.3. The first-order chi connectivity index (χ1) is 6.02. The minimum Gasteiger partial charge on any atom is -0.358 e. The lowest BCUT2D eigenvalue weighted by Crippen LogP contribution is -2.13. The average molecular weight is 190 g/mol. The minimum absolute atomic E-state index is 0.602. The van der Waals surface area contributed by atoms with Gasteiger partial charge in [0.15, 0.2) is 0 Å². The standard InChI is InChI=1S/C6H4F2N2O3/c7-5(8)3-1-2-4(10(12)13)9-6(3)11/h1-2,5H,(H,9,11). The molecule has 0 aliphatic heterocycles. The van der Waals surface area contributed by atoms with E-state index in [-0.39, 0.29) is 0 Å². The first-order valence-corrected chi connectivity index (χ1v) is 3.18. The molecule has 13 heavy (non-hydrogen) atoms. The Morgan fingerprint density at radius 2 is 2.08 bits per heavy atom. The number of halogens is 2. The van der Waals surface area contributed by atoms with E-state index in [1.807, 2.05) is 0 Å². The fourth-order valence-corrected chi connectivity index (χ4v) is 0.753. The van der Waals surface area contributed by atoms with Crippen molar-refractivity contribution in [3.05, 3.63) is 38.2 Å². The van der Waals surface area contributed by atoms with Gasteiger partial charge in [-0.05, 0) is 11.0 Å². The molecule has 1 aromatic heterocycles. The van der Waals surface area contributed by atoms with Crippen LogP contribution in [0.15, 0.2) is 16.9 Å². The van der Waals surface area contributed by atoms with Crippen molar-refractivity contribution in [3.63, 3.8) is 0 Å². The Morgan fingerprint density at radius 1 is 1.46 bits per heavy atom. The van der Waals surface area contributed by atoms with Gasteiger partial charge < -0.3 is 10.1 Å². The predicted molar refractivity (Wildman–Crippen MR) is 38.7 cm³/mol. The lowest BCUT2D eigenvalue weighted by molar-refractivity contribution is -0.389. The summed E-state index contributed by atoms with van der Waals surface area (Å²) in [4.78, 5) is 21.7. The maximum Gasteiger partial charge on any atom is 0.340 e. The number of alkyl halides is 2. The Morgan fingerprint density at radius 3 is 2.46 bits per heavy atom. The molecule has 0 fully saturated rings. The molecule has 1 N–H and O–H groups in total. The van der Waals surface area contributed by atoms with Crippen molar-refractivity contribution in [3.8, 4) is 0 Å². The Kier molecular flexibility index (Phi) is 2.36. The third-order valence-corrected chi connectivity index (χ3v) is 1.36. The number of rotatable bonds is 2. The van der Waals surface area contributed by atoms with Crippen LogP contribution in [0.5, 0.6) is 0 Å². The van der Waals surface area contributed by atoms with Gasteiger partial charge >= 0.3 is 11.4 Å². The summed E-state index contributed by atoms with van der Waals surface area (Å²) < 4.78 is 23.9. The number of nitrogens with zero attached hydrogens (tertiary/aromatic N) is 1. The molecule has 1 aromatic rings. The second-order valence-electron chi connectivity index (χ2n) is 2.19. The summed E-state index contributed by atoms with van der Waals surface area (Å²) >= 11 is 0. The molecule has 0 aliphatic carbocycles. The zero-order chi connectivity index (χ0) is 10.0. The zero-order valence-electron chi connectivity index (χ0n) is 6.16. The van der Waals surface area contributed by atoms with E-state index in [0.29, 0.717) is 0 Å². The van der Waals surface area contributed by atoms with Crippen molar-refractivity contribution in [2.45, 2.75) is 6.43 Å². The molecule has 0 saturated heterocycles. The van der Waals surface area contributed by atoms with Crippen molar-refractivity contribution in [1.82, 2.24) is 4.98 Å². The van der Waals surface area contributed by atoms with Crippen LogP contribution < -0.4 is 5.56 Å². The quantitative estimate of drug-likeness (QED) is 0.562. The number of aromatic nitrogens is 1. The minimum atomic E-state index is -2.93. The molecule has 0 aliphatic rings. The first kappa shape index (κ1) is 9.30. The van der Waals surface area contributed by atoms with Gasteiger partial charge in [-0.3, -0.25) is 0 Å². The topological polar surface area (TPSA) is 76.0 Å². The summed E-state index contributed by atoms with van der Waals surface area (Å²) in [6, 6.07) is 1.56. The maximum absolute atomic E-state index is 12.0. The van der Waals surface area contributed by atoms with Crippen LogP contribution in [0, 0.1) is 10.1 Å². The van der Waals surface area contributed by atoms with E-state index in [1.165, 1.54) is 0 Å². The molecular formula is C6H4F2N2O3. The van der Waals surface area contributed by atoms with E-state index >= 15 is 0 Å². The maximum atomic E-state index is 12.0. The Balaban J connectivity index is 3.21. The van der Waals surface area contributed by atoms with Gasteiger partial charge in [-0.15, -0.1) is 0 Å². The lowest BCUT2D eigenvalue weighted by Gasteiger charge is -1.96. The monoisotopic (exact) mass is 190 g/mol. The van der Waals surface area contributed by atoms with Crippen LogP contribution >= 0.6 is 0 Å². The summed E-state index contributed by atoms with van der Waals surface area (Å²) in [7, 11) is 0. The highest BCUT2D eigenvalue weighted by Gasteiger charge is 2.16. The average Bonchev–Trinajstić information content (AvgIpc) is 2.03. The summed E-state index contributed by atoms with van der Waals surface area (Å²) in [6.45, 7) is 0. The second-order valence-corrected chi connectivity index (χ2v) is 2.19. The van der Waals surface area contributed by atoms with Gasteiger partial charge in [0.05, 0.1) is 0 Å². The van der Waals surface area contributed by atoms with Crippen LogP contribution in [0.4, 0.5) is 14.6 Å². The van der Waals surface area contributed by atoms with E-state index < -0.39 is 28.3 Å². The molecule has 70 valence electrons. The molecular weight excluding hydrogens is 186 g/mol. The van der Waals surface area contributed by atoms with Crippen LogP contribution in [0.1, 0.15) is 12.0 Å². The Bertz CT molecular complexity index is 388. The summed E-state index contributed by atoms with van der Waals surface area (Å²) in [6.07, 6.45) is -2.93. The number of pyridine rings is 1. The molecule has 0 atom stereocenters. The summed E-state index contributed by atoms with van der Waals surface area (Å²) in [5, 5.41) is 10.1. The van der Waals surface area contributed by atoms with Crippen LogP contribution in [-0.2, 0) is 0 Å². The fourth-order valence-electron chi connectivity index (χ4n) is 0.753. The van der Waals surface area contributed by atoms with Crippen LogP contribution in [0.25, 0.3) is 0 Å².